The van der Waals surface area contributed by atoms with Gasteiger partial charge in [-0.25, -0.2) is 9.48 Å². The number of aromatic nitrogens is 4. The van der Waals surface area contributed by atoms with Gasteiger partial charge in [-0.05, 0) is 24.3 Å². The number of carbonyl (C=O) groups is 1. The number of rotatable bonds is 5. The van der Waals surface area contributed by atoms with Crippen molar-refractivity contribution in [2.45, 2.75) is 6.54 Å². The Morgan fingerprint density at radius 3 is 2.80 bits per heavy atom. The van der Waals surface area contributed by atoms with Gasteiger partial charge in [0.25, 0.3) is 0 Å². The number of nitrogens with zero attached hydrogens (tertiary/aromatic N) is 4. The summed E-state index contributed by atoms with van der Waals surface area (Å²) >= 11 is 0. The lowest BCUT2D eigenvalue weighted by Gasteiger charge is -2.06. The highest BCUT2D eigenvalue weighted by molar-refractivity contribution is 5.90. The molecule has 2 aromatic heterocycles. The Hall–Kier alpha value is -3.42. The van der Waals surface area contributed by atoms with Crippen molar-refractivity contribution in [3.8, 4) is 17.3 Å². The summed E-state index contributed by atoms with van der Waals surface area (Å²) in [6.07, 6.45) is 1.62. The smallest absolute Gasteiger partial charge is 0.346 e. The van der Waals surface area contributed by atoms with Crippen LogP contribution in [0.1, 0.15) is 0 Å². The molecule has 0 aliphatic heterocycles. The maximum absolute atomic E-state index is 12.3. The van der Waals surface area contributed by atoms with Crippen molar-refractivity contribution in [1.82, 2.24) is 19.3 Å². The van der Waals surface area contributed by atoms with E-state index in [0.717, 1.165) is 4.68 Å². The zero-order valence-electron chi connectivity index (χ0n) is 13.8. The Balaban J connectivity index is 1.79. The number of hydrogen-bond acceptors (Lipinski definition) is 5. The zero-order chi connectivity index (χ0) is 17.8. The second-order valence-corrected chi connectivity index (χ2v) is 5.32. The van der Waals surface area contributed by atoms with Gasteiger partial charge in [-0.15, -0.1) is 5.10 Å². The maximum atomic E-state index is 12.3. The van der Waals surface area contributed by atoms with Crippen LogP contribution in [0, 0.1) is 0 Å². The monoisotopic (exact) mass is 339 g/mol. The molecule has 0 unspecified atom stereocenters. The minimum absolute atomic E-state index is 0.198. The van der Waals surface area contributed by atoms with Gasteiger partial charge < -0.3 is 10.1 Å². The van der Waals surface area contributed by atoms with Crippen LogP contribution in [0.2, 0.25) is 0 Å². The standard InChI is InChI=1S/C17H17N5O3/c1-21-16(14-8-3-4-9-18-14)20-22(17(21)24)11-15(23)19-12-6-5-7-13(10-12)25-2/h3-10H,11H2,1-2H3,(H,19,23). The van der Waals surface area contributed by atoms with E-state index in [1.807, 2.05) is 0 Å². The fourth-order valence-electron chi connectivity index (χ4n) is 2.35. The van der Waals surface area contributed by atoms with Crippen LogP contribution in [-0.2, 0) is 18.4 Å². The molecule has 2 heterocycles. The average Bonchev–Trinajstić information content (AvgIpc) is 2.91. The average molecular weight is 339 g/mol. The number of benzene rings is 1. The van der Waals surface area contributed by atoms with E-state index in [4.69, 9.17) is 4.74 Å². The normalized spacial score (nSPS) is 10.5. The third-order valence-electron chi connectivity index (χ3n) is 3.58. The van der Waals surface area contributed by atoms with Gasteiger partial charge in [-0.1, -0.05) is 12.1 Å². The number of anilines is 1. The van der Waals surface area contributed by atoms with Gasteiger partial charge in [0.15, 0.2) is 5.82 Å². The summed E-state index contributed by atoms with van der Waals surface area (Å²) in [5, 5.41) is 6.93. The van der Waals surface area contributed by atoms with E-state index in [2.05, 4.69) is 15.4 Å². The van der Waals surface area contributed by atoms with Gasteiger partial charge >= 0.3 is 5.69 Å². The summed E-state index contributed by atoms with van der Waals surface area (Å²) in [6, 6.07) is 12.3. The van der Waals surface area contributed by atoms with Crippen LogP contribution in [-0.4, -0.2) is 32.3 Å². The molecule has 0 saturated carbocycles. The molecular formula is C17H17N5O3. The highest BCUT2D eigenvalue weighted by Crippen LogP contribution is 2.16. The SMILES string of the molecule is COc1cccc(NC(=O)Cn2nc(-c3ccccn3)n(C)c2=O)c1. The third-order valence-corrected chi connectivity index (χ3v) is 3.58. The van der Waals surface area contributed by atoms with Crippen molar-refractivity contribution in [2.24, 2.45) is 7.05 Å². The Labute approximate surface area is 143 Å². The number of carbonyl (C=O) groups excluding carboxylic acids is 1. The molecule has 0 saturated heterocycles. The molecule has 128 valence electrons. The molecule has 25 heavy (non-hydrogen) atoms. The van der Waals surface area contributed by atoms with E-state index in [1.165, 1.54) is 4.57 Å². The summed E-state index contributed by atoms with van der Waals surface area (Å²) in [7, 11) is 3.14. The number of pyridine rings is 1. The van der Waals surface area contributed by atoms with Crippen LogP contribution in [0.5, 0.6) is 5.75 Å². The summed E-state index contributed by atoms with van der Waals surface area (Å²) < 4.78 is 7.59. The number of nitrogens with one attached hydrogen (secondary N) is 1. The van der Waals surface area contributed by atoms with Crippen molar-refractivity contribution in [2.75, 3.05) is 12.4 Å². The van der Waals surface area contributed by atoms with Gasteiger partial charge in [-0.3, -0.25) is 14.3 Å². The summed E-state index contributed by atoms with van der Waals surface area (Å²) in [5.41, 5.74) is 0.758. The number of ether oxygens (including phenoxy) is 1. The van der Waals surface area contributed by atoms with Crippen LogP contribution in [0.4, 0.5) is 5.69 Å². The van der Waals surface area contributed by atoms with Crippen LogP contribution in [0.25, 0.3) is 11.5 Å². The molecule has 1 aromatic carbocycles. The summed E-state index contributed by atoms with van der Waals surface area (Å²) in [5.74, 6) is 0.672. The first-order chi connectivity index (χ1) is 12.1. The molecule has 1 N–H and O–H groups in total. The molecule has 0 fully saturated rings. The Morgan fingerprint density at radius 1 is 1.24 bits per heavy atom. The van der Waals surface area contributed by atoms with Crippen molar-refractivity contribution in [3.63, 3.8) is 0 Å². The quantitative estimate of drug-likeness (QED) is 0.756. The van der Waals surface area contributed by atoms with Crippen LogP contribution in [0.15, 0.2) is 53.5 Å². The number of amides is 1. The molecule has 1 amide bonds. The Morgan fingerprint density at radius 2 is 2.08 bits per heavy atom. The van der Waals surface area contributed by atoms with Crippen molar-refractivity contribution >= 4 is 11.6 Å². The molecule has 0 radical (unpaired) electrons. The number of methoxy groups -OCH3 is 1. The first-order valence-corrected chi connectivity index (χ1v) is 7.57. The van der Waals surface area contributed by atoms with Gasteiger partial charge in [0, 0.05) is 25.0 Å². The van der Waals surface area contributed by atoms with Crippen LogP contribution >= 0.6 is 0 Å². The van der Waals surface area contributed by atoms with E-state index in [-0.39, 0.29) is 18.1 Å². The maximum Gasteiger partial charge on any atom is 0.346 e. The van der Waals surface area contributed by atoms with Crippen molar-refractivity contribution in [1.29, 1.82) is 0 Å². The Kier molecular flexibility index (Phi) is 4.60. The van der Waals surface area contributed by atoms with Crippen LogP contribution in [0.3, 0.4) is 0 Å². The topological polar surface area (TPSA) is 91.0 Å². The van der Waals surface area contributed by atoms with Crippen molar-refractivity contribution in [3.05, 3.63) is 59.1 Å². The van der Waals surface area contributed by atoms with Gasteiger partial charge in [0.1, 0.15) is 18.0 Å². The molecule has 8 heteroatoms. The van der Waals surface area contributed by atoms with E-state index in [1.54, 1.807) is 62.8 Å². The fraction of sp³-hybridized carbons (Fsp3) is 0.176. The van der Waals surface area contributed by atoms with E-state index >= 15 is 0 Å². The minimum atomic E-state index is -0.388. The van der Waals surface area contributed by atoms with Gasteiger partial charge in [-0.2, -0.15) is 0 Å². The largest absolute Gasteiger partial charge is 0.497 e. The van der Waals surface area contributed by atoms with E-state index in [0.29, 0.717) is 23.0 Å². The van der Waals surface area contributed by atoms with E-state index < -0.39 is 0 Å². The molecule has 0 aliphatic rings. The summed E-state index contributed by atoms with van der Waals surface area (Å²) in [4.78, 5) is 28.7. The molecule has 0 spiro atoms. The summed E-state index contributed by atoms with van der Waals surface area (Å²) in [6.45, 7) is -0.198. The molecule has 0 bridgehead atoms. The molecule has 3 rings (SSSR count). The second kappa shape index (κ2) is 7.00. The minimum Gasteiger partial charge on any atom is -0.497 e. The van der Waals surface area contributed by atoms with Crippen molar-refractivity contribution < 1.29 is 9.53 Å². The zero-order valence-corrected chi connectivity index (χ0v) is 13.8. The third kappa shape index (κ3) is 3.57. The molecule has 0 aliphatic carbocycles. The lowest BCUT2D eigenvalue weighted by Crippen LogP contribution is -2.29. The molecule has 0 atom stereocenters. The first kappa shape index (κ1) is 16.4. The molecular weight excluding hydrogens is 322 g/mol. The molecule has 8 nitrogen and oxygen atoms in total. The van der Waals surface area contributed by atoms with E-state index in [9.17, 15) is 9.59 Å². The Bertz CT molecular complexity index is 946. The second-order valence-electron chi connectivity index (χ2n) is 5.32. The van der Waals surface area contributed by atoms with Crippen LogP contribution < -0.4 is 15.7 Å². The molecule has 3 aromatic rings. The first-order valence-electron chi connectivity index (χ1n) is 7.57. The predicted molar refractivity (Wildman–Crippen MR) is 92.3 cm³/mol. The number of hydrogen-bond donors (Lipinski definition) is 1. The van der Waals surface area contributed by atoms with Gasteiger partial charge in [0.05, 0.1) is 7.11 Å². The lowest BCUT2D eigenvalue weighted by atomic mass is 10.3. The van der Waals surface area contributed by atoms with Gasteiger partial charge in [0.2, 0.25) is 5.91 Å². The highest BCUT2D eigenvalue weighted by Gasteiger charge is 2.15. The lowest BCUT2D eigenvalue weighted by molar-refractivity contribution is -0.117. The highest BCUT2D eigenvalue weighted by atomic mass is 16.5. The fourth-order valence-corrected chi connectivity index (χ4v) is 2.35. The predicted octanol–water partition coefficient (Wildman–Crippen LogP) is 1.29.